The van der Waals surface area contributed by atoms with Crippen LogP contribution in [0.25, 0.3) is 5.65 Å². The first kappa shape index (κ1) is 12.3. The molecule has 0 bridgehead atoms. The van der Waals surface area contributed by atoms with E-state index in [0.717, 1.165) is 29.0 Å². The van der Waals surface area contributed by atoms with Crippen molar-refractivity contribution in [1.29, 1.82) is 0 Å². The van der Waals surface area contributed by atoms with Crippen molar-refractivity contribution in [2.75, 3.05) is 0 Å². The van der Waals surface area contributed by atoms with Crippen molar-refractivity contribution in [1.82, 2.24) is 14.6 Å². The lowest BCUT2D eigenvalue weighted by atomic mass is 9.82. The second-order valence-corrected chi connectivity index (χ2v) is 5.61. The molecule has 1 atom stereocenters. The lowest BCUT2D eigenvalue weighted by Gasteiger charge is -2.24. The van der Waals surface area contributed by atoms with Crippen molar-refractivity contribution in [3.8, 4) is 0 Å². The summed E-state index contributed by atoms with van der Waals surface area (Å²) in [6.07, 6.45) is 3.07. The summed E-state index contributed by atoms with van der Waals surface area (Å²) in [5.74, 6) is 0.383. The van der Waals surface area contributed by atoms with Gasteiger partial charge in [-0.2, -0.15) is 5.10 Å². The second kappa shape index (κ2) is 4.52. The third-order valence-corrected chi connectivity index (χ3v) is 4.15. The normalized spacial score (nSPS) is 18.0. The van der Waals surface area contributed by atoms with Crippen molar-refractivity contribution in [3.63, 3.8) is 0 Å². The molecule has 1 aliphatic carbocycles. The summed E-state index contributed by atoms with van der Waals surface area (Å²) in [6, 6.07) is 12.2. The molecule has 1 aromatic carbocycles. The van der Waals surface area contributed by atoms with Crippen LogP contribution in [-0.2, 0) is 6.42 Å². The Morgan fingerprint density at radius 2 is 2.00 bits per heavy atom. The Kier molecular flexibility index (Phi) is 2.64. The SMILES string of the molecule is Cc1cc2ncc3c(n2n1)CC(c1ccccc1)CC3=O. The van der Waals surface area contributed by atoms with Crippen LogP contribution in [0, 0.1) is 6.92 Å². The maximum Gasteiger partial charge on any atom is 0.166 e. The first-order chi connectivity index (χ1) is 10.2. The van der Waals surface area contributed by atoms with Crippen molar-refractivity contribution in [3.05, 3.63) is 65.1 Å². The van der Waals surface area contributed by atoms with Gasteiger partial charge in [0.25, 0.3) is 0 Å². The molecule has 2 aromatic heterocycles. The molecule has 21 heavy (non-hydrogen) atoms. The van der Waals surface area contributed by atoms with E-state index in [4.69, 9.17) is 0 Å². The molecule has 1 aliphatic rings. The molecule has 0 fully saturated rings. The predicted molar refractivity (Wildman–Crippen MR) is 79.6 cm³/mol. The van der Waals surface area contributed by atoms with Crippen LogP contribution in [0.15, 0.2) is 42.6 Å². The van der Waals surface area contributed by atoms with E-state index in [9.17, 15) is 4.79 Å². The average molecular weight is 277 g/mol. The maximum atomic E-state index is 12.4. The standard InChI is InChI=1S/C17H15N3O/c1-11-7-17-18-10-14-15(20(17)19-11)8-13(9-16(14)21)12-5-3-2-4-6-12/h2-7,10,13H,8-9H2,1H3. The van der Waals surface area contributed by atoms with E-state index >= 15 is 0 Å². The first-order valence-corrected chi connectivity index (χ1v) is 7.15. The Morgan fingerprint density at radius 1 is 1.19 bits per heavy atom. The molecule has 1 unspecified atom stereocenters. The Balaban J connectivity index is 1.86. The number of carbonyl (C=O) groups excluding carboxylic acids is 1. The summed E-state index contributed by atoms with van der Waals surface area (Å²) in [7, 11) is 0. The molecule has 4 nitrogen and oxygen atoms in total. The number of hydrogen-bond donors (Lipinski definition) is 0. The molecule has 0 saturated carbocycles. The van der Waals surface area contributed by atoms with Crippen molar-refractivity contribution in [2.45, 2.75) is 25.7 Å². The molecule has 0 spiro atoms. The molecule has 4 rings (SSSR count). The minimum atomic E-state index is 0.160. The maximum absolute atomic E-state index is 12.4. The average Bonchev–Trinajstić information content (AvgIpc) is 2.89. The van der Waals surface area contributed by atoms with E-state index in [1.165, 1.54) is 5.56 Å². The van der Waals surface area contributed by atoms with Crippen LogP contribution in [0.1, 0.15) is 39.6 Å². The molecule has 3 aromatic rings. The zero-order chi connectivity index (χ0) is 14.4. The van der Waals surface area contributed by atoms with Crippen LogP contribution in [-0.4, -0.2) is 20.4 Å². The lowest BCUT2D eigenvalue weighted by Crippen LogP contribution is -2.22. The number of aromatic nitrogens is 3. The van der Waals surface area contributed by atoms with Gasteiger partial charge in [-0.25, -0.2) is 9.50 Å². The Labute approximate surface area is 122 Å². The highest BCUT2D eigenvalue weighted by Gasteiger charge is 2.28. The van der Waals surface area contributed by atoms with E-state index in [1.54, 1.807) is 6.20 Å². The number of ketones is 1. The van der Waals surface area contributed by atoms with Crippen molar-refractivity contribution >= 4 is 11.4 Å². The number of nitrogens with zero attached hydrogens (tertiary/aromatic N) is 3. The molecule has 0 N–H and O–H groups in total. The van der Waals surface area contributed by atoms with Gasteiger partial charge in [-0.3, -0.25) is 4.79 Å². The Hall–Kier alpha value is -2.49. The van der Waals surface area contributed by atoms with Gasteiger partial charge in [0, 0.05) is 18.7 Å². The topological polar surface area (TPSA) is 47.3 Å². The summed E-state index contributed by atoms with van der Waals surface area (Å²) < 4.78 is 1.83. The minimum Gasteiger partial charge on any atom is -0.294 e. The summed E-state index contributed by atoms with van der Waals surface area (Å²) in [4.78, 5) is 16.8. The highest BCUT2D eigenvalue weighted by molar-refractivity contribution is 5.98. The van der Waals surface area contributed by atoms with Gasteiger partial charge < -0.3 is 0 Å². The largest absolute Gasteiger partial charge is 0.294 e. The van der Waals surface area contributed by atoms with Gasteiger partial charge in [-0.05, 0) is 24.8 Å². The number of rotatable bonds is 1. The fourth-order valence-corrected chi connectivity index (χ4v) is 3.13. The minimum absolute atomic E-state index is 0.160. The summed E-state index contributed by atoms with van der Waals surface area (Å²) in [5, 5.41) is 4.49. The zero-order valence-corrected chi connectivity index (χ0v) is 11.8. The van der Waals surface area contributed by atoms with Crippen molar-refractivity contribution < 1.29 is 4.79 Å². The molecule has 0 radical (unpaired) electrons. The number of fused-ring (bicyclic) bond motifs is 3. The monoisotopic (exact) mass is 277 g/mol. The molecule has 0 aliphatic heterocycles. The molecule has 2 heterocycles. The van der Waals surface area contributed by atoms with Crippen LogP contribution in [0.4, 0.5) is 0 Å². The number of hydrogen-bond acceptors (Lipinski definition) is 3. The number of Topliss-reactive ketones (excluding diaryl/α,β-unsaturated/α-hetero) is 1. The molecular weight excluding hydrogens is 262 g/mol. The highest BCUT2D eigenvalue weighted by atomic mass is 16.1. The Morgan fingerprint density at radius 3 is 2.81 bits per heavy atom. The van der Waals surface area contributed by atoms with Crippen LogP contribution in [0.3, 0.4) is 0 Å². The van der Waals surface area contributed by atoms with Gasteiger partial charge >= 0.3 is 0 Å². The van der Waals surface area contributed by atoms with Gasteiger partial charge in [0.15, 0.2) is 11.4 Å². The Bertz CT molecular complexity index is 836. The van der Waals surface area contributed by atoms with Crippen LogP contribution >= 0.6 is 0 Å². The molecule has 0 amide bonds. The van der Waals surface area contributed by atoms with E-state index in [-0.39, 0.29) is 11.7 Å². The van der Waals surface area contributed by atoms with Gasteiger partial charge in [0.2, 0.25) is 0 Å². The molecule has 4 heteroatoms. The molecule has 0 saturated heterocycles. The van der Waals surface area contributed by atoms with Gasteiger partial charge in [0.1, 0.15) is 0 Å². The van der Waals surface area contributed by atoms with E-state index in [1.807, 2.05) is 35.7 Å². The van der Waals surface area contributed by atoms with Crippen LogP contribution in [0.2, 0.25) is 0 Å². The summed E-state index contributed by atoms with van der Waals surface area (Å²) in [6.45, 7) is 1.94. The fourth-order valence-electron chi connectivity index (χ4n) is 3.13. The zero-order valence-electron chi connectivity index (χ0n) is 11.8. The molecule has 104 valence electrons. The fraction of sp³-hybridized carbons (Fsp3) is 0.235. The van der Waals surface area contributed by atoms with Crippen LogP contribution < -0.4 is 0 Å². The van der Waals surface area contributed by atoms with E-state index in [0.29, 0.717) is 6.42 Å². The summed E-state index contributed by atoms with van der Waals surface area (Å²) in [5.41, 5.74) is 4.65. The lowest BCUT2D eigenvalue weighted by molar-refractivity contribution is 0.0962. The highest BCUT2D eigenvalue weighted by Crippen LogP contribution is 2.32. The third-order valence-electron chi connectivity index (χ3n) is 4.15. The quantitative estimate of drug-likeness (QED) is 0.687. The molecular formula is C17H15N3O. The smallest absolute Gasteiger partial charge is 0.166 e. The van der Waals surface area contributed by atoms with E-state index < -0.39 is 0 Å². The third kappa shape index (κ3) is 1.95. The predicted octanol–water partition coefficient (Wildman–Crippen LogP) is 2.95. The number of benzene rings is 1. The number of carbonyl (C=O) groups is 1. The van der Waals surface area contributed by atoms with Crippen LogP contribution in [0.5, 0.6) is 0 Å². The second-order valence-electron chi connectivity index (χ2n) is 5.61. The van der Waals surface area contributed by atoms with Gasteiger partial charge in [-0.15, -0.1) is 0 Å². The van der Waals surface area contributed by atoms with Gasteiger partial charge in [0.05, 0.1) is 17.0 Å². The first-order valence-electron chi connectivity index (χ1n) is 7.15. The van der Waals surface area contributed by atoms with E-state index in [2.05, 4.69) is 22.2 Å². The van der Waals surface area contributed by atoms with Gasteiger partial charge in [-0.1, -0.05) is 30.3 Å². The summed E-state index contributed by atoms with van der Waals surface area (Å²) >= 11 is 0. The van der Waals surface area contributed by atoms with Crippen molar-refractivity contribution in [2.24, 2.45) is 0 Å². The number of aryl methyl sites for hydroxylation is 1.